The average molecular weight is 507 g/mol. The van der Waals surface area contributed by atoms with Gasteiger partial charge in [-0.25, -0.2) is 13.8 Å². The van der Waals surface area contributed by atoms with Crippen LogP contribution in [0.2, 0.25) is 0 Å². The molecule has 1 rings (SSSR count). The van der Waals surface area contributed by atoms with Crippen molar-refractivity contribution in [2.24, 2.45) is 0 Å². The van der Waals surface area contributed by atoms with Crippen molar-refractivity contribution >= 4 is 67.8 Å². The van der Waals surface area contributed by atoms with Gasteiger partial charge in [-0.15, -0.1) is 0 Å². The largest absolute Gasteiger partial charge is 0.265 e. The van der Waals surface area contributed by atoms with Crippen molar-refractivity contribution < 1.29 is 8.78 Å². The molecule has 0 unspecified atom stereocenters. The van der Waals surface area contributed by atoms with Gasteiger partial charge in [0.1, 0.15) is 7.40 Å². The molecule has 1 heterocycles. The topological polar surface area (TPSA) is 12.9 Å². The van der Waals surface area contributed by atoms with E-state index < -0.39 is 6.43 Å². The molecule has 1 nitrogen and oxygen atoms in total. The molecule has 0 aromatic carbocycles. The summed E-state index contributed by atoms with van der Waals surface area (Å²) < 4.78 is 26.5. The second-order valence-corrected chi connectivity index (χ2v) is 5.15. The molecule has 0 bridgehead atoms. The standard InChI is InChI=1S/C6H2F2I3N/c7-5(8)2-1-3(9)12-6(11)4(2)10/h1,5H. The van der Waals surface area contributed by atoms with Crippen LogP contribution >= 0.6 is 67.8 Å². The lowest BCUT2D eigenvalue weighted by molar-refractivity contribution is 0.150. The van der Waals surface area contributed by atoms with Gasteiger partial charge in [-0.2, -0.15) is 0 Å². The van der Waals surface area contributed by atoms with Crippen LogP contribution in [0.5, 0.6) is 0 Å². The highest BCUT2D eigenvalue weighted by molar-refractivity contribution is 14.1. The number of pyridine rings is 1. The zero-order valence-corrected chi connectivity index (χ0v) is 12.0. The minimum atomic E-state index is -2.41. The first kappa shape index (κ1) is 11.3. The van der Waals surface area contributed by atoms with Crippen molar-refractivity contribution in [3.8, 4) is 0 Å². The second-order valence-electron chi connectivity index (χ2n) is 1.94. The first-order valence-corrected chi connectivity index (χ1v) is 6.05. The Balaban J connectivity index is 3.28. The van der Waals surface area contributed by atoms with Crippen LogP contribution in [0.15, 0.2) is 6.07 Å². The molecule has 0 aliphatic carbocycles. The maximum absolute atomic E-state index is 12.3. The summed E-state index contributed by atoms with van der Waals surface area (Å²) in [5.74, 6) is 0. The number of alkyl halides is 2. The van der Waals surface area contributed by atoms with E-state index in [4.69, 9.17) is 0 Å². The summed E-state index contributed by atoms with van der Waals surface area (Å²) >= 11 is 5.76. The number of hydrogen-bond acceptors (Lipinski definition) is 1. The van der Waals surface area contributed by atoms with Crippen LogP contribution in [0.3, 0.4) is 0 Å². The van der Waals surface area contributed by atoms with Gasteiger partial charge in [0, 0.05) is 5.56 Å². The molecule has 0 radical (unpaired) electrons. The van der Waals surface area contributed by atoms with Crippen LogP contribution in [0.25, 0.3) is 0 Å². The Bertz CT molecular complexity index is 303. The summed E-state index contributed by atoms with van der Waals surface area (Å²) in [6.45, 7) is 0. The third-order valence-electron chi connectivity index (χ3n) is 1.15. The molecule has 0 saturated carbocycles. The number of nitrogens with zero attached hydrogens (tertiary/aromatic N) is 1. The maximum Gasteiger partial charge on any atom is 0.265 e. The summed E-state index contributed by atoms with van der Waals surface area (Å²) in [5.41, 5.74) is 0.0689. The Morgan fingerprint density at radius 2 is 1.83 bits per heavy atom. The molecule has 0 fully saturated rings. The molecule has 0 saturated heterocycles. The van der Waals surface area contributed by atoms with Gasteiger partial charge in [-0.3, -0.25) is 0 Å². The lowest BCUT2D eigenvalue weighted by atomic mass is 10.3. The number of hydrogen-bond donors (Lipinski definition) is 0. The Kier molecular flexibility index (Phi) is 4.34. The van der Waals surface area contributed by atoms with Gasteiger partial charge in [0.05, 0.1) is 3.57 Å². The average Bonchev–Trinajstić information content (AvgIpc) is 1.96. The molecule has 0 aliphatic heterocycles. The van der Waals surface area contributed by atoms with E-state index in [-0.39, 0.29) is 5.56 Å². The number of halogens is 5. The van der Waals surface area contributed by atoms with Crippen molar-refractivity contribution in [2.45, 2.75) is 6.43 Å². The van der Waals surface area contributed by atoms with Crippen molar-refractivity contribution in [3.63, 3.8) is 0 Å². The van der Waals surface area contributed by atoms with Gasteiger partial charge in [0.15, 0.2) is 0 Å². The van der Waals surface area contributed by atoms with Gasteiger partial charge in [0.2, 0.25) is 0 Å². The van der Waals surface area contributed by atoms with E-state index in [2.05, 4.69) is 4.98 Å². The van der Waals surface area contributed by atoms with E-state index in [0.29, 0.717) is 11.0 Å². The highest BCUT2D eigenvalue weighted by Gasteiger charge is 2.15. The normalized spacial score (nSPS) is 10.8. The molecule has 12 heavy (non-hydrogen) atoms. The third-order valence-corrected chi connectivity index (χ3v) is 4.65. The molecular weight excluding hydrogens is 505 g/mol. The lowest BCUT2D eigenvalue weighted by Crippen LogP contribution is -1.97. The Labute approximate surface area is 109 Å². The van der Waals surface area contributed by atoms with E-state index in [1.54, 1.807) is 0 Å². The van der Waals surface area contributed by atoms with E-state index in [9.17, 15) is 8.78 Å². The predicted molar refractivity (Wildman–Crippen MR) is 67.3 cm³/mol. The quantitative estimate of drug-likeness (QED) is 0.417. The zero-order chi connectivity index (χ0) is 9.30. The molecular formula is C6H2F2I3N. The first-order valence-electron chi connectivity index (χ1n) is 2.82. The highest BCUT2D eigenvalue weighted by atomic mass is 127. The summed E-state index contributed by atoms with van der Waals surface area (Å²) in [7, 11) is 0. The highest BCUT2D eigenvalue weighted by Crippen LogP contribution is 2.27. The van der Waals surface area contributed by atoms with Crippen LogP contribution in [0.4, 0.5) is 8.78 Å². The molecule has 1 aromatic rings. The van der Waals surface area contributed by atoms with E-state index in [1.807, 2.05) is 67.8 Å². The minimum Gasteiger partial charge on any atom is -0.235 e. The lowest BCUT2D eigenvalue weighted by Gasteiger charge is -2.04. The Morgan fingerprint density at radius 3 is 2.33 bits per heavy atom. The minimum absolute atomic E-state index is 0.0689. The van der Waals surface area contributed by atoms with E-state index in [1.165, 1.54) is 6.07 Å². The summed E-state index contributed by atoms with van der Waals surface area (Å²) in [6.07, 6.45) is -2.41. The van der Waals surface area contributed by atoms with Gasteiger partial charge >= 0.3 is 0 Å². The smallest absolute Gasteiger partial charge is 0.235 e. The van der Waals surface area contributed by atoms with E-state index >= 15 is 0 Å². The molecule has 0 amide bonds. The molecule has 6 heteroatoms. The maximum atomic E-state index is 12.3. The summed E-state index contributed by atoms with van der Waals surface area (Å²) in [4.78, 5) is 4.05. The molecule has 0 N–H and O–H groups in total. The Hall–Kier alpha value is 1.20. The van der Waals surface area contributed by atoms with Gasteiger partial charge in [-0.1, -0.05) is 0 Å². The fourth-order valence-corrected chi connectivity index (χ4v) is 2.77. The SMILES string of the molecule is FC(F)c1cc(I)nc(I)c1I. The Morgan fingerprint density at radius 1 is 1.25 bits per heavy atom. The van der Waals surface area contributed by atoms with Gasteiger partial charge < -0.3 is 0 Å². The number of rotatable bonds is 1. The summed E-state index contributed by atoms with van der Waals surface area (Å²) in [6, 6.07) is 1.41. The fraction of sp³-hybridized carbons (Fsp3) is 0.167. The third kappa shape index (κ3) is 2.59. The van der Waals surface area contributed by atoms with Crippen molar-refractivity contribution in [1.29, 1.82) is 0 Å². The van der Waals surface area contributed by atoms with Gasteiger partial charge in [0.25, 0.3) is 6.43 Å². The second kappa shape index (κ2) is 4.62. The zero-order valence-electron chi connectivity index (χ0n) is 5.49. The fourth-order valence-electron chi connectivity index (χ4n) is 0.645. The van der Waals surface area contributed by atoms with Crippen LogP contribution in [0, 0.1) is 11.0 Å². The molecule has 1 aromatic heterocycles. The number of aromatic nitrogens is 1. The molecule has 0 spiro atoms. The van der Waals surface area contributed by atoms with Crippen LogP contribution in [-0.4, -0.2) is 4.98 Å². The van der Waals surface area contributed by atoms with Crippen LogP contribution in [0.1, 0.15) is 12.0 Å². The van der Waals surface area contributed by atoms with Crippen molar-refractivity contribution in [3.05, 3.63) is 22.6 Å². The van der Waals surface area contributed by atoms with Crippen LogP contribution in [-0.2, 0) is 0 Å². The van der Waals surface area contributed by atoms with Crippen LogP contribution < -0.4 is 0 Å². The molecule has 66 valence electrons. The van der Waals surface area contributed by atoms with E-state index in [0.717, 1.165) is 0 Å². The molecule has 0 atom stereocenters. The van der Waals surface area contributed by atoms with Gasteiger partial charge in [-0.05, 0) is 73.8 Å². The summed E-state index contributed by atoms with van der Waals surface area (Å²) in [5, 5.41) is 0. The first-order chi connectivity index (χ1) is 5.52. The van der Waals surface area contributed by atoms with Crippen molar-refractivity contribution in [2.75, 3.05) is 0 Å². The monoisotopic (exact) mass is 507 g/mol. The molecule has 0 aliphatic rings. The predicted octanol–water partition coefficient (Wildman–Crippen LogP) is 3.83. The van der Waals surface area contributed by atoms with Crippen molar-refractivity contribution in [1.82, 2.24) is 4.98 Å².